The number of rotatable bonds is 7. The van der Waals surface area contributed by atoms with Crippen molar-refractivity contribution in [3.63, 3.8) is 0 Å². The van der Waals surface area contributed by atoms with Gasteiger partial charge in [-0.15, -0.1) is 0 Å². The van der Waals surface area contributed by atoms with Crippen molar-refractivity contribution in [2.45, 2.75) is 26.4 Å². The van der Waals surface area contributed by atoms with E-state index in [0.717, 1.165) is 10.6 Å². The van der Waals surface area contributed by atoms with E-state index in [9.17, 15) is 13.2 Å². The molecule has 142 valence electrons. The highest BCUT2D eigenvalue weighted by Crippen LogP contribution is 2.33. The van der Waals surface area contributed by atoms with Crippen molar-refractivity contribution in [3.05, 3.63) is 18.2 Å². The molecule has 1 rings (SSSR count). The van der Waals surface area contributed by atoms with Crippen LogP contribution in [0.15, 0.2) is 18.2 Å². The van der Waals surface area contributed by atoms with Gasteiger partial charge in [0.15, 0.2) is 0 Å². The van der Waals surface area contributed by atoms with E-state index in [0.29, 0.717) is 17.2 Å². The second-order valence-corrected chi connectivity index (χ2v) is 8.21. The summed E-state index contributed by atoms with van der Waals surface area (Å²) >= 11 is 0. The van der Waals surface area contributed by atoms with Crippen LogP contribution < -0.4 is 19.1 Å². The Morgan fingerprint density at radius 2 is 1.84 bits per heavy atom. The third-order valence-corrected chi connectivity index (χ3v) is 4.22. The number of sulfonamides is 1. The smallest absolute Gasteiger partial charge is 0.407 e. The molecule has 0 saturated carbocycles. The number of anilines is 1. The minimum absolute atomic E-state index is 0.0155. The Labute approximate surface area is 149 Å². The molecule has 0 atom stereocenters. The number of hydrogen-bond donors (Lipinski definition) is 1. The van der Waals surface area contributed by atoms with Crippen LogP contribution in [0.3, 0.4) is 0 Å². The van der Waals surface area contributed by atoms with Gasteiger partial charge >= 0.3 is 6.09 Å². The number of carbonyl (C=O) groups is 1. The molecule has 0 fully saturated rings. The molecule has 0 aliphatic heterocycles. The van der Waals surface area contributed by atoms with Crippen LogP contribution in [0.2, 0.25) is 0 Å². The predicted molar refractivity (Wildman–Crippen MR) is 96.0 cm³/mol. The average molecular weight is 374 g/mol. The van der Waals surface area contributed by atoms with E-state index in [2.05, 4.69) is 5.32 Å². The first kappa shape index (κ1) is 20.9. The van der Waals surface area contributed by atoms with Gasteiger partial charge in [0.2, 0.25) is 10.0 Å². The maximum absolute atomic E-state index is 12.2. The molecule has 0 heterocycles. The molecule has 1 aromatic rings. The van der Waals surface area contributed by atoms with Crippen molar-refractivity contribution >= 4 is 21.8 Å². The Balaban J connectivity index is 2.95. The fourth-order valence-corrected chi connectivity index (χ4v) is 2.95. The van der Waals surface area contributed by atoms with Crippen molar-refractivity contribution in [3.8, 4) is 11.5 Å². The van der Waals surface area contributed by atoms with E-state index in [1.54, 1.807) is 39.0 Å². The van der Waals surface area contributed by atoms with E-state index in [1.807, 2.05) is 0 Å². The molecule has 0 aliphatic carbocycles. The number of benzene rings is 1. The molecule has 0 aliphatic rings. The molecule has 0 unspecified atom stereocenters. The molecule has 0 bridgehead atoms. The van der Waals surface area contributed by atoms with Crippen LogP contribution in [0.1, 0.15) is 20.8 Å². The maximum Gasteiger partial charge on any atom is 0.407 e. The van der Waals surface area contributed by atoms with Crippen molar-refractivity contribution in [2.24, 2.45) is 0 Å². The van der Waals surface area contributed by atoms with Crippen LogP contribution in [0.25, 0.3) is 0 Å². The van der Waals surface area contributed by atoms with Gasteiger partial charge in [0.1, 0.15) is 17.1 Å². The van der Waals surface area contributed by atoms with Crippen molar-refractivity contribution in [1.82, 2.24) is 5.32 Å². The quantitative estimate of drug-likeness (QED) is 0.784. The Morgan fingerprint density at radius 1 is 1.20 bits per heavy atom. The van der Waals surface area contributed by atoms with Crippen LogP contribution in [0.4, 0.5) is 10.5 Å². The van der Waals surface area contributed by atoms with Crippen LogP contribution in [-0.4, -0.2) is 53.7 Å². The molecule has 0 radical (unpaired) electrons. The number of alkyl carbamates (subject to hydrolysis) is 1. The lowest BCUT2D eigenvalue weighted by atomic mass is 10.2. The van der Waals surface area contributed by atoms with Gasteiger partial charge in [-0.2, -0.15) is 0 Å². The molecule has 1 N–H and O–H groups in total. The van der Waals surface area contributed by atoms with Gasteiger partial charge in [-0.1, -0.05) is 0 Å². The largest absolute Gasteiger partial charge is 0.497 e. The summed E-state index contributed by atoms with van der Waals surface area (Å²) in [6.07, 6.45) is 0.470. The molecule has 8 nitrogen and oxygen atoms in total. The molecular weight excluding hydrogens is 348 g/mol. The van der Waals surface area contributed by atoms with Gasteiger partial charge in [-0.25, -0.2) is 13.2 Å². The second-order valence-electron chi connectivity index (χ2n) is 6.30. The molecule has 9 heteroatoms. The van der Waals surface area contributed by atoms with E-state index in [4.69, 9.17) is 14.2 Å². The normalized spacial score (nSPS) is 11.6. The summed E-state index contributed by atoms with van der Waals surface area (Å²) in [4.78, 5) is 11.7. The van der Waals surface area contributed by atoms with Gasteiger partial charge < -0.3 is 19.5 Å². The van der Waals surface area contributed by atoms with Gasteiger partial charge in [-0.05, 0) is 32.9 Å². The Morgan fingerprint density at radius 3 is 2.32 bits per heavy atom. The van der Waals surface area contributed by atoms with Crippen LogP contribution in [0.5, 0.6) is 11.5 Å². The Hall–Kier alpha value is -2.16. The standard InChI is InChI=1S/C16H26N2O6S/c1-16(2,3)24-15(19)17-9-10-18(25(6,20)21)13-11-12(22-4)7-8-14(13)23-5/h7-8,11H,9-10H2,1-6H3,(H,17,19). The molecule has 25 heavy (non-hydrogen) atoms. The van der Waals surface area contributed by atoms with Crippen molar-refractivity contribution < 1.29 is 27.4 Å². The first-order valence-electron chi connectivity index (χ1n) is 7.64. The maximum atomic E-state index is 12.2. The first-order valence-corrected chi connectivity index (χ1v) is 9.49. The number of nitrogens with one attached hydrogen (secondary N) is 1. The summed E-state index contributed by atoms with van der Waals surface area (Å²) in [6.45, 7) is 5.33. The van der Waals surface area contributed by atoms with Crippen molar-refractivity contribution in [1.29, 1.82) is 0 Å². The van der Waals surface area contributed by atoms with E-state index >= 15 is 0 Å². The summed E-state index contributed by atoms with van der Waals surface area (Å²) in [7, 11) is -0.667. The zero-order valence-electron chi connectivity index (χ0n) is 15.5. The summed E-state index contributed by atoms with van der Waals surface area (Å²) < 4.78 is 41.0. The summed E-state index contributed by atoms with van der Waals surface area (Å²) in [5, 5.41) is 2.54. The van der Waals surface area contributed by atoms with Gasteiger partial charge in [-0.3, -0.25) is 4.31 Å². The highest BCUT2D eigenvalue weighted by Gasteiger charge is 2.22. The first-order chi connectivity index (χ1) is 11.5. The molecule has 0 aromatic heterocycles. The fraction of sp³-hybridized carbons (Fsp3) is 0.562. The van der Waals surface area contributed by atoms with Crippen LogP contribution in [-0.2, 0) is 14.8 Å². The lowest BCUT2D eigenvalue weighted by Gasteiger charge is -2.25. The number of methoxy groups -OCH3 is 2. The molecular formula is C16H26N2O6S. The Kier molecular flexibility index (Phi) is 6.92. The molecule has 0 spiro atoms. The zero-order chi connectivity index (χ0) is 19.3. The second kappa shape index (κ2) is 8.28. The minimum atomic E-state index is -3.60. The van der Waals surface area contributed by atoms with E-state index in [-0.39, 0.29) is 13.1 Å². The van der Waals surface area contributed by atoms with Gasteiger partial charge in [0.25, 0.3) is 0 Å². The lowest BCUT2D eigenvalue weighted by Crippen LogP contribution is -2.40. The average Bonchev–Trinajstić information content (AvgIpc) is 2.48. The third kappa shape index (κ3) is 6.69. The zero-order valence-corrected chi connectivity index (χ0v) is 16.3. The Bertz CT molecular complexity index is 697. The summed E-state index contributed by atoms with van der Waals surface area (Å²) in [5.74, 6) is 0.869. The highest BCUT2D eigenvalue weighted by atomic mass is 32.2. The molecule has 1 aromatic carbocycles. The van der Waals surface area contributed by atoms with E-state index < -0.39 is 21.7 Å². The summed E-state index contributed by atoms with van der Waals surface area (Å²) in [5.41, 5.74) is -0.299. The number of carbonyl (C=O) groups excluding carboxylic acids is 1. The van der Waals surface area contributed by atoms with Gasteiger partial charge in [0, 0.05) is 12.6 Å². The van der Waals surface area contributed by atoms with Crippen molar-refractivity contribution in [2.75, 3.05) is 37.9 Å². The monoisotopic (exact) mass is 374 g/mol. The topological polar surface area (TPSA) is 94.2 Å². The fourth-order valence-electron chi connectivity index (χ4n) is 2.03. The number of nitrogens with zero attached hydrogens (tertiary/aromatic N) is 1. The lowest BCUT2D eigenvalue weighted by molar-refractivity contribution is 0.0529. The van der Waals surface area contributed by atoms with Crippen LogP contribution >= 0.6 is 0 Å². The molecule has 0 saturated heterocycles. The third-order valence-electron chi connectivity index (χ3n) is 3.04. The van der Waals surface area contributed by atoms with Crippen LogP contribution in [0, 0.1) is 0 Å². The molecule has 1 amide bonds. The van der Waals surface area contributed by atoms with Gasteiger partial charge in [0.05, 0.1) is 32.7 Å². The number of hydrogen-bond acceptors (Lipinski definition) is 6. The van der Waals surface area contributed by atoms with E-state index in [1.165, 1.54) is 14.2 Å². The number of amides is 1. The minimum Gasteiger partial charge on any atom is -0.497 e. The predicted octanol–water partition coefficient (Wildman–Crippen LogP) is 1.99. The number of ether oxygens (including phenoxy) is 3. The SMILES string of the molecule is COc1ccc(OC)c(N(CCNC(=O)OC(C)(C)C)S(C)(=O)=O)c1. The highest BCUT2D eigenvalue weighted by molar-refractivity contribution is 7.92. The summed E-state index contributed by atoms with van der Waals surface area (Å²) in [6, 6.07) is 4.85.